The second kappa shape index (κ2) is 6.75. The van der Waals surface area contributed by atoms with Crippen molar-refractivity contribution in [2.24, 2.45) is 0 Å². The fraction of sp³-hybridized carbons (Fsp3) is 0.333. The number of pyridine rings is 1. The molecule has 0 fully saturated rings. The van der Waals surface area contributed by atoms with Crippen LogP contribution in [-0.4, -0.2) is 35.3 Å². The summed E-state index contributed by atoms with van der Waals surface area (Å²) in [7, 11) is 0. The average molecular weight is 272 g/mol. The smallest absolute Gasteiger partial charge is 0.395 e. The molecule has 19 heavy (non-hydrogen) atoms. The number of aliphatic hydroxyl groups excluding tert-OH is 1. The van der Waals surface area contributed by atoms with Crippen molar-refractivity contribution >= 4 is 5.91 Å². The molecule has 0 unspecified atom stereocenters. The molecule has 0 saturated carbocycles. The van der Waals surface area contributed by atoms with Crippen molar-refractivity contribution < 1.29 is 23.1 Å². The van der Waals surface area contributed by atoms with Crippen LogP contribution in [0, 0.1) is 11.8 Å². The predicted molar refractivity (Wildman–Crippen MR) is 61.2 cm³/mol. The van der Waals surface area contributed by atoms with Gasteiger partial charge in [0.05, 0.1) is 12.2 Å². The minimum Gasteiger partial charge on any atom is -0.395 e. The Labute approximate surface area is 107 Å². The number of carbonyl (C=O) groups is 1. The van der Waals surface area contributed by atoms with Crippen LogP contribution in [0.2, 0.25) is 0 Å². The Kier molecular flexibility index (Phi) is 5.33. The first kappa shape index (κ1) is 15.0. The van der Waals surface area contributed by atoms with E-state index < -0.39 is 18.6 Å². The molecule has 0 aliphatic rings. The molecule has 1 heterocycles. The van der Waals surface area contributed by atoms with E-state index in [1.54, 1.807) is 5.32 Å². The highest BCUT2D eigenvalue weighted by Gasteiger charge is 2.28. The number of hydrogen-bond donors (Lipinski definition) is 2. The number of aliphatic hydroxyl groups is 1. The molecule has 1 rings (SSSR count). The van der Waals surface area contributed by atoms with Crippen LogP contribution in [0.25, 0.3) is 0 Å². The van der Waals surface area contributed by atoms with Crippen molar-refractivity contribution in [3.8, 4) is 11.8 Å². The number of carbonyl (C=O) groups excluding carboxylic acids is 1. The number of rotatable bonds is 3. The van der Waals surface area contributed by atoms with Crippen LogP contribution < -0.4 is 5.32 Å². The van der Waals surface area contributed by atoms with E-state index in [4.69, 9.17) is 5.11 Å². The van der Waals surface area contributed by atoms with Crippen LogP contribution in [0.5, 0.6) is 0 Å². The van der Waals surface area contributed by atoms with Crippen LogP contribution >= 0.6 is 0 Å². The number of alkyl halides is 3. The second-order valence-electron chi connectivity index (χ2n) is 3.47. The third-order valence-electron chi connectivity index (χ3n) is 1.93. The number of amides is 1. The van der Waals surface area contributed by atoms with Gasteiger partial charge in [0.25, 0.3) is 5.91 Å². The van der Waals surface area contributed by atoms with Gasteiger partial charge >= 0.3 is 6.18 Å². The van der Waals surface area contributed by atoms with Gasteiger partial charge in [0, 0.05) is 12.6 Å². The van der Waals surface area contributed by atoms with Gasteiger partial charge in [-0.1, -0.05) is 11.8 Å². The molecule has 0 aliphatic carbocycles. The predicted octanol–water partition coefficient (Wildman–Crippen LogP) is 1.11. The topological polar surface area (TPSA) is 62.2 Å². The molecule has 7 heteroatoms. The van der Waals surface area contributed by atoms with Gasteiger partial charge in [-0.05, 0) is 12.1 Å². The van der Waals surface area contributed by atoms with Crippen molar-refractivity contribution in [2.45, 2.75) is 12.6 Å². The molecule has 0 saturated heterocycles. The Hall–Kier alpha value is -2.07. The van der Waals surface area contributed by atoms with Gasteiger partial charge in [0.15, 0.2) is 0 Å². The molecule has 0 atom stereocenters. The molecule has 4 nitrogen and oxygen atoms in total. The summed E-state index contributed by atoms with van der Waals surface area (Å²) in [5.41, 5.74) is 0.0489. The Bertz CT molecular complexity index is 504. The van der Waals surface area contributed by atoms with Crippen molar-refractivity contribution in [1.82, 2.24) is 10.3 Å². The van der Waals surface area contributed by atoms with Crippen molar-refractivity contribution in [2.75, 3.05) is 13.2 Å². The van der Waals surface area contributed by atoms with E-state index in [9.17, 15) is 18.0 Å². The van der Waals surface area contributed by atoms with Crippen LogP contribution in [-0.2, 0) is 0 Å². The molecule has 0 radical (unpaired) electrons. The fourth-order valence-electron chi connectivity index (χ4n) is 1.16. The lowest BCUT2D eigenvalue weighted by Crippen LogP contribution is -2.34. The van der Waals surface area contributed by atoms with Crippen molar-refractivity contribution in [1.29, 1.82) is 0 Å². The number of nitrogens with one attached hydrogen (secondary N) is 1. The SMILES string of the molecule is O=C(NCC(F)(F)F)c1ncccc1C#CCCO. The lowest BCUT2D eigenvalue weighted by atomic mass is 10.2. The molecule has 0 bridgehead atoms. The summed E-state index contributed by atoms with van der Waals surface area (Å²) in [5, 5.41) is 10.3. The maximum atomic E-state index is 12.0. The highest BCUT2D eigenvalue weighted by Crippen LogP contribution is 2.13. The molecule has 1 amide bonds. The van der Waals surface area contributed by atoms with Gasteiger partial charge < -0.3 is 10.4 Å². The lowest BCUT2D eigenvalue weighted by molar-refractivity contribution is -0.123. The van der Waals surface area contributed by atoms with Crippen molar-refractivity contribution in [3.63, 3.8) is 0 Å². The third-order valence-corrected chi connectivity index (χ3v) is 1.93. The van der Waals surface area contributed by atoms with E-state index in [1.807, 2.05) is 0 Å². The Morgan fingerprint density at radius 3 is 2.84 bits per heavy atom. The second-order valence-corrected chi connectivity index (χ2v) is 3.47. The number of aromatic nitrogens is 1. The summed E-state index contributed by atoms with van der Waals surface area (Å²) in [6.45, 7) is -1.56. The van der Waals surface area contributed by atoms with Gasteiger partial charge in [0.2, 0.25) is 0 Å². The zero-order valence-corrected chi connectivity index (χ0v) is 9.79. The van der Waals surface area contributed by atoms with E-state index in [0.29, 0.717) is 0 Å². The Morgan fingerprint density at radius 2 is 2.21 bits per heavy atom. The maximum absolute atomic E-state index is 12.0. The molecular formula is C12H11F3N2O2. The van der Waals surface area contributed by atoms with Crippen LogP contribution in [0.15, 0.2) is 18.3 Å². The Morgan fingerprint density at radius 1 is 1.47 bits per heavy atom. The van der Waals surface area contributed by atoms with Crippen LogP contribution in [0.3, 0.4) is 0 Å². The number of nitrogens with zero attached hydrogens (tertiary/aromatic N) is 1. The summed E-state index contributed by atoms with van der Waals surface area (Å²) >= 11 is 0. The quantitative estimate of drug-likeness (QED) is 0.810. The van der Waals surface area contributed by atoms with Crippen molar-refractivity contribution in [3.05, 3.63) is 29.6 Å². The first-order valence-corrected chi connectivity index (χ1v) is 5.34. The minimum absolute atomic E-state index is 0.136. The highest BCUT2D eigenvalue weighted by molar-refractivity contribution is 5.94. The minimum atomic E-state index is -4.48. The summed E-state index contributed by atoms with van der Waals surface area (Å²) in [5.74, 6) is 4.22. The zero-order chi connectivity index (χ0) is 14.3. The standard InChI is InChI=1S/C12H11F3N2O2/c13-12(14,15)8-17-11(19)10-9(4-1-2-7-18)5-3-6-16-10/h3,5-6,18H,2,7-8H2,(H,17,19). The average Bonchev–Trinajstić information content (AvgIpc) is 2.36. The first-order valence-electron chi connectivity index (χ1n) is 5.34. The van der Waals surface area contributed by atoms with E-state index in [2.05, 4.69) is 16.8 Å². The van der Waals surface area contributed by atoms with E-state index >= 15 is 0 Å². The molecule has 0 spiro atoms. The van der Waals surface area contributed by atoms with Gasteiger partial charge in [-0.3, -0.25) is 4.79 Å². The number of halogens is 3. The lowest BCUT2D eigenvalue weighted by Gasteiger charge is -2.08. The Balaban J connectivity index is 2.83. The molecule has 1 aromatic rings. The summed E-state index contributed by atoms with van der Waals surface area (Å²) < 4.78 is 36.0. The first-order chi connectivity index (χ1) is 8.94. The van der Waals surface area contributed by atoms with Crippen LogP contribution in [0.4, 0.5) is 13.2 Å². The molecule has 102 valence electrons. The maximum Gasteiger partial charge on any atom is 0.405 e. The molecule has 0 aromatic carbocycles. The van der Waals surface area contributed by atoms with Gasteiger partial charge in [-0.15, -0.1) is 0 Å². The van der Waals surface area contributed by atoms with Crippen LogP contribution in [0.1, 0.15) is 22.5 Å². The summed E-state index contributed by atoms with van der Waals surface area (Å²) in [4.78, 5) is 15.3. The highest BCUT2D eigenvalue weighted by atomic mass is 19.4. The summed E-state index contributed by atoms with van der Waals surface area (Å²) in [6.07, 6.45) is -2.98. The third kappa shape index (κ3) is 5.40. The van der Waals surface area contributed by atoms with Gasteiger partial charge in [-0.2, -0.15) is 13.2 Å². The molecule has 2 N–H and O–H groups in total. The number of hydrogen-bond acceptors (Lipinski definition) is 3. The molecular weight excluding hydrogens is 261 g/mol. The fourth-order valence-corrected chi connectivity index (χ4v) is 1.16. The zero-order valence-electron chi connectivity index (χ0n) is 9.79. The largest absolute Gasteiger partial charge is 0.405 e. The molecule has 0 aliphatic heterocycles. The van der Waals surface area contributed by atoms with Gasteiger partial charge in [0.1, 0.15) is 12.2 Å². The molecule has 1 aromatic heterocycles. The van der Waals surface area contributed by atoms with Gasteiger partial charge in [-0.25, -0.2) is 4.98 Å². The van der Waals surface area contributed by atoms with E-state index in [1.165, 1.54) is 18.3 Å². The summed E-state index contributed by atoms with van der Waals surface area (Å²) in [6, 6.07) is 2.99. The monoisotopic (exact) mass is 272 g/mol. The van der Waals surface area contributed by atoms with E-state index in [-0.39, 0.29) is 24.3 Å². The van der Waals surface area contributed by atoms with E-state index in [0.717, 1.165) is 0 Å². The normalized spacial score (nSPS) is 10.5.